The fraction of sp³-hybridized carbons (Fsp3) is 0.0556. The van der Waals surface area contributed by atoms with E-state index < -0.39 is 0 Å². The topological polar surface area (TPSA) is 89.7 Å². The van der Waals surface area contributed by atoms with Crippen LogP contribution in [0.1, 0.15) is 5.56 Å². The van der Waals surface area contributed by atoms with E-state index in [0.29, 0.717) is 33.3 Å². The second kappa shape index (κ2) is 6.61. The molecule has 0 aliphatic heterocycles. The summed E-state index contributed by atoms with van der Waals surface area (Å²) in [5.41, 5.74) is 8.73. The molecule has 2 heterocycles. The van der Waals surface area contributed by atoms with Gasteiger partial charge in [-0.05, 0) is 35.9 Å². The molecule has 0 unspecified atom stereocenters. The largest absolute Gasteiger partial charge is 0.487 e. The van der Waals surface area contributed by atoms with E-state index in [1.807, 2.05) is 6.07 Å². The number of H-pyrrole nitrogens is 1. The van der Waals surface area contributed by atoms with Crippen molar-refractivity contribution in [2.24, 2.45) is 0 Å². The van der Waals surface area contributed by atoms with Crippen molar-refractivity contribution in [3.05, 3.63) is 65.2 Å². The maximum Gasteiger partial charge on any atom is 0.186 e. The first-order valence-electron chi connectivity index (χ1n) is 7.73. The van der Waals surface area contributed by atoms with Crippen LogP contribution < -0.4 is 10.5 Å². The van der Waals surface area contributed by atoms with E-state index in [4.69, 9.17) is 22.1 Å². The number of anilines is 1. The summed E-state index contributed by atoms with van der Waals surface area (Å²) in [4.78, 5) is 8.08. The molecule has 0 saturated heterocycles. The average molecular weight is 370 g/mol. The van der Waals surface area contributed by atoms with Gasteiger partial charge in [-0.1, -0.05) is 23.7 Å². The zero-order valence-electron chi connectivity index (χ0n) is 13.4. The highest BCUT2D eigenvalue weighted by atomic mass is 35.5. The molecule has 2 aromatic heterocycles. The van der Waals surface area contributed by atoms with E-state index in [-0.39, 0.29) is 12.4 Å². The lowest BCUT2D eigenvalue weighted by atomic mass is 10.1. The second-order valence-corrected chi connectivity index (χ2v) is 6.02. The average Bonchev–Trinajstić information content (AvgIpc) is 3.07. The van der Waals surface area contributed by atoms with E-state index in [2.05, 4.69) is 20.2 Å². The number of nitrogens with zero attached hydrogens (tertiary/aromatic N) is 3. The minimum absolute atomic E-state index is 0.285. The maximum atomic E-state index is 12.9. The summed E-state index contributed by atoms with van der Waals surface area (Å²) in [5.74, 6) is 0.575. The number of nitrogens with two attached hydrogens (primary N) is 1. The lowest BCUT2D eigenvalue weighted by molar-refractivity contribution is 0.306. The van der Waals surface area contributed by atoms with Crippen molar-refractivity contribution in [3.8, 4) is 17.0 Å². The number of ether oxygens (including phenoxy) is 1. The van der Waals surface area contributed by atoms with E-state index >= 15 is 0 Å². The van der Waals surface area contributed by atoms with Crippen LogP contribution in [-0.4, -0.2) is 20.2 Å². The molecule has 0 saturated carbocycles. The van der Waals surface area contributed by atoms with Gasteiger partial charge < -0.3 is 10.5 Å². The highest BCUT2D eigenvalue weighted by Crippen LogP contribution is 2.34. The number of nitrogen functional groups attached to an aromatic ring is 1. The summed E-state index contributed by atoms with van der Waals surface area (Å²) in [6, 6.07) is 11.5. The first kappa shape index (κ1) is 16.3. The number of hydrogen-bond acceptors (Lipinski definition) is 5. The highest BCUT2D eigenvalue weighted by molar-refractivity contribution is 6.32. The molecule has 6 nitrogen and oxygen atoms in total. The normalized spacial score (nSPS) is 11.0. The Hall–Kier alpha value is -3.19. The number of halogens is 2. The minimum atomic E-state index is -0.286. The molecule has 4 rings (SSSR count). The molecule has 3 N–H and O–H groups in total. The SMILES string of the molecule is Nc1ncnc2n[nH]c(-c3ccc(OCc4ccc(F)cc4)c(Cl)c3)c12. The molecule has 0 spiro atoms. The highest BCUT2D eigenvalue weighted by Gasteiger charge is 2.14. The van der Waals surface area contributed by atoms with Crippen LogP contribution in [0.5, 0.6) is 5.75 Å². The lowest BCUT2D eigenvalue weighted by Gasteiger charge is -2.09. The summed E-state index contributed by atoms with van der Waals surface area (Å²) >= 11 is 6.35. The first-order chi connectivity index (χ1) is 12.6. The number of aromatic amines is 1. The van der Waals surface area contributed by atoms with Gasteiger partial charge in [-0.2, -0.15) is 5.10 Å². The Kier molecular flexibility index (Phi) is 4.14. The maximum absolute atomic E-state index is 12.9. The van der Waals surface area contributed by atoms with Crippen molar-refractivity contribution in [3.63, 3.8) is 0 Å². The predicted octanol–water partition coefficient (Wildman–Crippen LogP) is 3.97. The van der Waals surface area contributed by atoms with Crippen molar-refractivity contribution < 1.29 is 9.13 Å². The predicted molar refractivity (Wildman–Crippen MR) is 97.3 cm³/mol. The van der Waals surface area contributed by atoms with Crippen molar-refractivity contribution in [1.82, 2.24) is 20.2 Å². The molecule has 130 valence electrons. The van der Waals surface area contributed by atoms with Gasteiger partial charge in [0.25, 0.3) is 0 Å². The Morgan fingerprint density at radius 2 is 1.92 bits per heavy atom. The molecule has 0 aliphatic carbocycles. The van der Waals surface area contributed by atoms with Crippen molar-refractivity contribution >= 4 is 28.5 Å². The van der Waals surface area contributed by atoms with Gasteiger partial charge in [0.15, 0.2) is 5.65 Å². The van der Waals surface area contributed by atoms with Crippen molar-refractivity contribution in [2.75, 3.05) is 5.73 Å². The monoisotopic (exact) mass is 369 g/mol. The molecular weight excluding hydrogens is 357 g/mol. The molecular formula is C18H13ClFN5O. The summed E-state index contributed by atoms with van der Waals surface area (Å²) in [7, 11) is 0. The van der Waals surface area contributed by atoms with Crippen LogP contribution in [0, 0.1) is 5.82 Å². The van der Waals surface area contributed by atoms with Crippen molar-refractivity contribution in [1.29, 1.82) is 0 Å². The van der Waals surface area contributed by atoms with Crippen LogP contribution in [-0.2, 0) is 6.61 Å². The molecule has 8 heteroatoms. The molecule has 26 heavy (non-hydrogen) atoms. The van der Waals surface area contributed by atoms with Gasteiger partial charge in [-0.3, -0.25) is 5.10 Å². The number of nitrogens with one attached hydrogen (secondary N) is 1. The Morgan fingerprint density at radius 3 is 2.69 bits per heavy atom. The molecule has 0 fully saturated rings. The molecule has 0 bridgehead atoms. The molecule has 2 aromatic carbocycles. The van der Waals surface area contributed by atoms with Crippen LogP contribution >= 0.6 is 11.6 Å². The smallest absolute Gasteiger partial charge is 0.186 e. The summed E-state index contributed by atoms with van der Waals surface area (Å²) in [6.45, 7) is 0.285. The summed E-state index contributed by atoms with van der Waals surface area (Å²) in [6.07, 6.45) is 1.36. The van der Waals surface area contributed by atoms with Crippen LogP contribution in [0.4, 0.5) is 10.2 Å². The number of hydrogen-bond donors (Lipinski definition) is 2. The second-order valence-electron chi connectivity index (χ2n) is 5.62. The molecule has 0 atom stereocenters. The Bertz CT molecular complexity index is 1080. The molecule has 0 amide bonds. The number of aromatic nitrogens is 4. The third-order valence-electron chi connectivity index (χ3n) is 3.91. The van der Waals surface area contributed by atoms with Gasteiger partial charge in [-0.15, -0.1) is 0 Å². The molecule has 0 radical (unpaired) electrons. The Labute approximate surface area is 152 Å². The molecule has 0 aliphatic rings. The standard InChI is InChI=1S/C18H13ClFN5O/c19-13-7-11(16-15-17(21)22-9-23-18(15)25-24-16)3-6-14(13)26-8-10-1-4-12(20)5-2-10/h1-7,9H,8H2,(H3,21,22,23,24,25). The molecule has 4 aromatic rings. The summed E-state index contributed by atoms with van der Waals surface area (Å²) in [5, 5.41) is 8.12. The quantitative estimate of drug-likeness (QED) is 0.568. The van der Waals surface area contributed by atoms with Crippen molar-refractivity contribution in [2.45, 2.75) is 6.61 Å². The van der Waals surface area contributed by atoms with Gasteiger partial charge in [-0.25, -0.2) is 14.4 Å². The van der Waals surface area contributed by atoms with Gasteiger partial charge in [0.1, 0.15) is 30.3 Å². The fourth-order valence-corrected chi connectivity index (χ4v) is 2.84. The number of rotatable bonds is 4. The third kappa shape index (κ3) is 3.04. The van der Waals surface area contributed by atoms with E-state index in [0.717, 1.165) is 11.1 Å². The minimum Gasteiger partial charge on any atom is -0.487 e. The van der Waals surface area contributed by atoms with Crippen LogP contribution in [0.2, 0.25) is 5.02 Å². The Balaban J connectivity index is 1.60. The van der Waals surface area contributed by atoms with E-state index in [1.54, 1.807) is 24.3 Å². The fourth-order valence-electron chi connectivity index (χ4n) is 2.60. The van der Waals surface area contributed by atoms with Gasteiger partial charge in [0.05, 0.1) is 16.1 Å². The number of fused-ring (bicyclic) bond motifs is 1. The van der Waals surface area contributed by atoms with Gasteiger partial charge >= 0.3 is 0 Å². The lowest BCUT2D eigenvalue weighted by Crippen LogP contribution is -1.96. The van der Waals surface area contributed by atoms with Crippen LogP contribution in [0.15, 0.2) is 48.8 Å². The summed E-state index contributed by atoms with van der Waals surface area (Å²) < 4.78 is 18.7. The zero-order valence-corrected chi connectivity index (χ0v) is 14.2. The third-order valence-corrected chi connectivity index (χ3v) is 4.20. The number of benzene rings is 2. The van der Waals surface area contributed by atoms with E-state index in [1.165, 1.54) is 18.5 Å². The van der Waals surface area contributed by atoms with Gasteiger partial charge in [0.2, 0.25) is 0 Å². The van der Waals surface area contributed by atoms with Gasteiger partial charge in [0, 0.05) is 5.56 Å². The van der Waals surface area contributed by atoms with Crippen LogP contribution in [0.25, 0.3) is 22.3 Å². The zero-order chi connectivity index (χ0) is 18.1. The first-order valence-corrected chi connectivity index (χ1v) is 8.11. The Morgan fingerprint density at radius 1 is 1.12 bits per heavy atom. The van der Waals surface area contributed by atoms with Crippen LogP contribution in [0.3, 0.4) is 0 Å². The van der Waals surface area contributed by atoms with E-state index in [9.17, 15) is 4.39 Å².